The standard InChI is InChI=1S/C21H22N2O4S/c1-27-19-5-3-2-4-15(19)14-10-16-18(13-6-8-28(25,26)9-7-13)12-23-20(16)17(11-14)21(22)24/h2-5,10-13,23H,6-9H2,1H3,(H2,22,24). The normalized spacial score (nSPS) is 16.9. The lowest BCUT2D eigenvalue weighted by molar-refractivity contribution is 0.100. The van der Waals surface area contributed by atoms with E-state index in [1.165, 1.54) is 0 Å². The first-order valence-corrected chi connectivity index (χ1v) is 11.0. The molecule has 0 atom stereocenters. The summed E-state index contributed by atoms with van der Waals surface area (Å²) in [5.74, 6) is 0.712. The van der Waals surface area contributed by atoms with Crippen molar-refractivity contribution in [2.75, 3.05) is 18.6 Å². The van der Waals surface area contributed by atoms with Crippen molar-refractivity contribution in [2.45, 2.75) is 18.8 Å². The van der Waals surface area contributed by atoms with Crippen molar-refractivity contribution in [1.82, 2.24) is 4.98 Å². The van der Waals surface area contributed by atoms with Gasteiger partial charge in [-0.05, 0) is 48.1 Å². The van der Waals surface area contributed by atoms with Gasteiger partial charge in [-0.15, -0.1) is 0 Å². The molecule has 3 aromatic rings. The van der Waals surface area contributed by atoms with Crippen molar-refractivity contribution in [1.29, 1.82) is 0 Å². The van der Waals surface area contributed by atoms with Crippen LogP contribution in [0.5, 0.6) is 5.75 Å². The topological polar surface area (TPSA) is 102 Å². The Kier molecular flexibility index (Phi) is 4.63. The lowest BCUT2D eigenvalue weighted by Gasteiger charge is -2.21. The largest absolute Gasteiger partial charge is 0.496 e. The van der Waals surface area contributed by atoms with Crippen molar-refractivity contribution in [3.8, 4) is 16.9 Å². The summed E-state index contributed by atoms with van der Waals surface area (Å²) in [7, 11) is -1.33. The summed E-state index contributed by atoms with van der Waals surface area (Å²) < 4.78 is 29.1. The van der Waals surface area contributed by atoms with Gasteiger partial charge in [-0.1, -0.05) is 18.2 Å². The van der Waals surface area contributed by atoms with Gasteiger partial charge in [0.25, 0.3) is 5.91 Å². The number of sulfone groups is 1. The average Bonchev–Trinajstić information content (AvgIpc) is 3.11. The summed E-state index contributed by atoms with van der Waals surface area (Å²) in [5, 5.41) is 0.904. The molecule has 0 aliphatic carbocycles. The van der Waals surface area contributed by atoms with Crippen LogP contribution in [0.4, 0.5) is 0 Å². The maximum Gasteiger partial charge on any atom is 0.250 e. The highest BCUT2D eigenvalue weighted by molar-refractivity contribution is 7.91. The van der Waals surface area contributed by atoms with Gasteiger partial charge in [-0.25, -0.2) is 8.42 Å². The van der Waals surface area contributed by atoms with Crippen LogP contribution in [0.2, 0.25) is 0 Å². The number of fused-ring (bicyclic) bond motifs is 1. The number of hydrogen-bond acceptors (Lipinski definition) is 4. The lowest BCUT2D eigenvalue weighted by atomic mass is 9.90. The zero-order valence-electron chi connectivity index (χ0n) is 15.6. The average molecular weight is 398 g/mol. The van der Waals surface area contributed by atoms with Crippen LogP contribution in [0.1, 0.15) is 34.7 Å². The van der Waals surface area contributed by atoms with Crippen molar-refractivity contribution in [2.24, 2.45) is 5.73 Å². The summed E-state index contributed by atoms with van der Waals surface area (Å²) in [5.41, 5.74) is 9.49. The Labute approximate surface area is 163 Å². The van der Waals surface area contributed by atoms with E-state index in [1.807, 2.05) is 36.5 Å². The third-order valence-electron chi connectivity index (χ3n) is 5.50. The monoisotopic (exact) mass is 398 g/mol. The molecule has 0 unspecified atom stereocenters. The molecule has 2 heterocycles. The molecule has 2 aromatic carbocycles. The number of H-pyrrole nitrogens is 1. The van der Waals surface area contributed by atoms with Crippen LogP contribution in [-0.4, -0.2) is 37.9 Å². The van der Waals surface area contributed by atoms with Crippen LogP contribution in [0.25, 0.3) is 22.0 Å². The van der Waals surface area contributed by atoms with Crippen LogP contribution < -0.4 is 10.5 Å². The number of nitrogens with one attached hydrogen (secondary N) is 1. The number of carbonyl (C=O) groups is 1. The third-order valence-corrected chi connectivity index (χ3v) is 7.21. The van der Waals surface area contributed by atoms with Gasteiger partial charge in [0.05, 0.1) is 29.7 Å². The van der Waals surface area contributed by atoms with E-state index < -0.39 is 15.7 Å². The Bertz CT molecular complexity index is 1150. The maximum atomic E-state index is 12.1. The minimum Gasteiger partial charge on any atom is -0.496 e. The highest BCUT2D eigenvalue weighted by Gasteiger charge is 2.27. The molecule has 146 valence electrons. The summed E-state index contributed by atoms with van der Waals surface area (Å²) >= 11 is 0. The fourth-order valence-electron chi connectivity index (χ4n) is 4.02. The Morgan fingerprint density at radius 3 is 2.57 bits per heavy atom. The summed E-state index contributed by atoms with van der Waals surface area (Å²) in [6, 6.07) is 11.4. The van der Waals surface area contributed by atoms with E-state index in [-0.39, 0.29) is 17.4 Å². The van der Waals surface area contributed by atoms with Crippen LogP contribution in [0.15, 0.2) is 42.6 Å². The fraction of sp³-hybridized carbons (Fsp3) is 0.286. The first-order chi connectivity index (χ1) is 13.4. The number of amides is 1. The van der Waals surface area contributed by atoms with E-state index in [4.69, 9.17) is 10.5 Å². The number of para-hydroxylation sites is 1. The maximum absolute atomic E-state index is 12.1. The van der Waals surface area contributed by atoms with Gasteiger partial charge in [-0.3, -0.25) is 4.79 Å². The van der Waals surface area contributed by atoms with E-state index >= 15 is 0 Å². The van der Waals surface area contributed by atoms with Crippen LogP contribution in [0.3, 0.4) is 0 Å². The van der Waals surface area contributed by atoms with Crippen molar-refractivity contribution < 1.29 is 17.9 Å². The molecule has 1 saturated heterocycles. The molecule has 0 bridgehead atoms. The predicted molar refractivity (Wildman–Crippen MR) is 109 cm³/mol. The van der Waals surface area contributed by atoms with Gasteiger partial charge in [-0.2, -0.15) is 0 Å². The second-order valence-electron chi connectivity index (χ2n) is 7.18. The number of methoxy groups -OCH3 is 1. The number of aromatic nitrogens is 1. The van der Waals surface area contributed by atoms with Crippen LogP contribution >= 0.6 is 0 Å². The molecule has 0 radical (unpaired) electrons. The number of nitrogens with two attached hydrogens (primary N) is 1. The molecule has 7 heteroatoms. The highest BCUT2D eigenvalue weighted by Crippen LogP contribution is 2.38. The van der Waals surface area contributed by atoms with Gasteiger partial charge in [0.1, 0.15) is 15.6 Å². The third kappa shape index (κ3) is 3.26. The van der Waals surface area contributed by atoms with Crippen molar-refractivity contribution in [3.05, 3.63) is 53.7 Å². The number of primary amides is 1. The van der Waals surface area contributed by atoms with Crippen LogP contribution in [0, 0.1) is 0 Å². The molecule has 1 aromatic heterocycles. The molecule has 6 nitrogen and oxygen atoms in total. The summed E-state index contributed by atoms with van der Waals surface area (Å²) in [6.07, 6.45) is 3.05. The molecule has 1 aliphatic rings. The zero-order valence-corrected chi connectivity index (χ0v) is 16.4. The van der Waals surface area contributed by atoms with E-state index in [9.17, 15) is 13.2 Å². The Hall–Kier alpha value is -2.80. The van der Waals surface area contributed by atoms with E-state index in [0.717, 1.165) is 22.1 Å². The van der Waals surface area contributed by atoms with Crippen molar-refractivity contribution in [3.63, 3.8) is 0 Å². The first-order valence-electron chi connectivity index (χ1n) is 9.18. The predicted octanol–water partition coefficient (Wildman–Crippen LogP) is 3.23. The molecule has 1 fully saturated rings. The SMILES string of the molecule is COc1ccccc1-c1cc(C(N)=O)c2[nH]cc(C3CCS(=O)(=O)CC3)c2c1. The Morgan fingerprint density at radius 2 is 1.89 bits per heavy atom. The van der Waals surface area contributed by atoms with E-state index in [0.29, 0.717) is 29.7 Å². The second-order valence-corrected chi connectivity index (χ2v) is 9.48. The molecule has 4 rings (SSSR count). The molecule has 1 amide bonds. The number of aromatic amines is 1. The molecule has 1 aliphatic heterocycles. The number of ether oxygens (including phenoxy) is 1. The fourth-order valence-corrected chi connectivity index (χ4v) is 5.52. The number of rotatable bonds is 4. The molecular formula is C21H22N2O4S. The number of hydrogen-bond donors (Lipinski definition) is 2. The summed E-state index contributed by atoms with van der Waals surface area (Å²) in [4.78, 5) is 15.3. The smallest absolute Gasteiger partial charge is 0.250 e. The minimum absolute atomic E-state index is 0.130. The number of carbonyl (C=O) groups excluding carboxylic acids is 1. The highest BCUT2D eigenvalue weighted by atomic mass is 32.2. The Morgan fingerprint density at radius 1 is 1.18 bits per heavy atom. The molecular weight excluding hydrogens is 376 g/mol. The van der Waals surface area contributed by atoms with E-state index in [1.54, 1.807) is 13.2 Å². The van der Waals surface area contributed by atoms with Gasteiger partial charge in [0.15, 0.2) is 0 Å². The zero-order chi connectivity index (χ0) is 19.9. The van der Waals surface area contributed by atoms with Crippen LogP contribution in [-0.2, 0) is 9.84 Å². The minimum atomic E-state index is -2.94. The van der Waals surface area contributed by atoms with Gasteiger partial charge < -0.3 is 15.5 Å². The van der Waals surface area contributed by atoms with E-state index in [2.05, 4.69) is 4.98 Å². The van der Waals surface area contributed by atoms with Gasteiger partial charge in [0, 0.05) is 17.1 Å². The summed E-state index contributed by atoms with van der Waals surface area (Å²) in [6.45, 7) is 0. The molecule has 28 heavy (non-hydrogen) atoms. The van der Waals surface area contributed by atoms with Gasteiger partial charge in [0.2, 0.25) is 0 Å². The molecule has 0 saturated carbocycles. The second kappa shape index (κ2) is 6.98. The number of benzene rings is 2. The van der Waals surface area contributed by atoms with Gasteiger partial charge >= 0.3 is 0 Å². The lowest BCUT2D eigenvalue weighted by Crippen LogP contribution is -2.22. The van der Waals surface area contributed by atoms with Crippen molar-refractivity contribution >= 4 is 26.6 Å². The Balaban J connectivity index is 1.88. The first kappa shape index (κ1) is 18.6. The quantitative estimate of drug-likeness (QED) is 0.704. The molecule has 3 N–H and O–H groups in total. The molecule has 0 spiro atoms.